The quantitative estimate of drug-likeness (QED) is 0.173. The fourth-order valence-electron chi connectivity index (χ4n) is 3.43. The topological polar surface area (TPSA) is 109 Å². The van der Waals surface area contributed by atoms with Gasteiger partial charge in [-0.2, -0.15) is 9.78 Å². The van der Waals surface area contributed by atoms with Crippen LogP contribution in [0.25, 0.3) is 10.9 Å². The summed E-state index contributed by atoms with van der Waals surface area (Å²) in [6, 6.07) is 16.9. The molecule has 0 aliphatic heterocycles. The van der Waals surface area contributed by atoms with Crippen LogP contribution in [0.5, 0.6) is 11.5 Å². The van der Waals surface area contributed by atoms with Gasteiger partial charge in [0.05, 0.1) is 28.6 Å². The molecular weight excluding hydrogens is 516 g/mol. The van der Waals surface area contributed by atoms with Crippen molar-refractivity contribution in [3.63, 3.8) is 0 Å². The van der Waals surface area contributed by atoms with Gasteiger partial charge in [0.1, 0.15) is 12.4 Å². The number of fused-ring (bicyclic) bond motifs is 1. The minimum atomic E-state index is -0.444. The van der Waals surface area contributed by atoms with E-state index in [9.17, 15) is 14.9 Å². The molecule has 0 atom stereocenters. The first-order chi connectivity index (χ1) is 16.9. The highest BCUT2D eigenvalue weighted by Crippen LogP contribution is 2.29. The summed E-state index contributed by atoms with van der Waals surface area (Å²) < 4.78 is 13.6. The second-order valence-corrected chi connectivity index (χ2v) is 8.45. The summed E-state index contributed by atoms with van der Waals surface area (Å²) in [5, 5.41) is 15.8. The average molecular weight is 537 g/mol. The predicted molar refractivity (Wildman–Crippen MR) is 136 cm³/mol. The number of halogens is 1. The van der Waals surface area contributed by atoms with Crippen LogP contribution in [0, 0.1) is 17.0 Å². The van der Waals surface area contributed by atoms with E-state index in [2.05, 4.69) is 26.0 Å². The number of hydrogen-bond acceptors (Lipinski definition) is 7. The van der Waals surface area contributed by atoms with Crippen LogP contribution in [0.15, 0.2) is 75.0 Å². The van der Waals surface area contributed by atoms with E-state index >= 15 is 0 Å². The lowest BCUT2D eigenvalue weighted by molar-refractivity contribution is -0.384. The number of rotatable bonds is 8. The van der Waals surface area contributed by atoms with Crippen LogP contribution < -0.4 is 15.0 Å². The van der Waals surface area contributed by atoms with Crippen LogP contribution in [0.1, 0.15) is 23.9 Å². The SMILES string of the molecule is CCOc1cc(C=Nn2c(C)nc3ccc(Br)cc3c2=O)ccc1OCc1cccc([N+](=O)[O-])c1. The molecule has 10 heteroatoms. The van der Waals surface area contributed by atoms with Crippen molar-refractivity contribution >= 4 is 38.7 Å². The van der Waals surface area contributed by atoms with Crippen LogP contribution in [0.2, 0.25) is 0 Å². The van der Waals surface area contributed by atoms with Gasteiger partial charge in [-0.05, 0) is 61.4 Å². The Balaban J connectivity index is 1.59. The zero-order valence-electron chi connectivity index (χ0n) is 19.0. The van der Waals surface area contributed by atoms with E-state index in [0.717, 1.165) is 4.47 Å². The monoisotopic (exact) mass is 536 g/mol. The molecule has 35 heavy (non-hydrogen) atoms. The number of aromatic nitrogens is 2. The summed E-state index contributed by atoms with van der Waals surface area (Å²) >= 11 is 3.38. The van der Waals surface area contributed by atoms with Gasteiger partial charge in [0.15, 0.2) is 11.5 Å². The van der Waals surface area contributed by atoms with E-state index < -0.39 is 4.92 Å². The van der Waals surface area contributed by atoms with Crippen molar-refractivity contribution in [1.29, 1.82) is 0 Å². The van der Waals surface area contributed by atoms with Gasteiger partial charge < -0.3 is 9.47 Å². The fourth-order valence-corrected chi connectivity index (χ4v) is 3.79. The van der Waals surface area contributed by atoms with Crippen LogP contribution in [-0.4, -0.2) is 27.4 Å². The van der Waals surface area contributed by atoms with Gasteiger partial charge >= 0.3 is 0 Å². The van der Waals surface area contributed by atoms with Gasteiger partial charge in [-0.3, -0.25) is 14.9 Å². The smallest absolute Gasteiger partial charge is 0.282 e. The van der Waals surface area contributed by atoms with Crippen molar-refractivity contribution in [2.75, 3.05) is 6.61 Å². The number of aryl methyl sites for hydroxylation is 1. The second kappa shape index (κ2) is 10.5. The third kappa shape index (κ3) is 5.55. The summed E-state index contributed by atoms with van der Waals surface area (Å²) in [7, 11) is 0. The summed E-state index contributed by atoms with van der Waals surface area (Å²) in [6.45, 7) is 4.13. The zero-order valence-corrected chi connectivity index (χ0v) is 20.6. The number of nitrogens with zero attached hydrogens (tertiary/aromatic N) is 4. The van der Waals surface area contributed by atoms with Crippen molar-refractivity contribution in [2.24, 2.45) is 5.10 Å². The van der Waals surface area contributed by atoms with Crippen molar-refractivity contribution < 1.29 is 14.4 Å². The molecule has 0 radical (unpaired) electrons. The Morgan fingerprint density at radius 1 is 1.11 bits per heavy atom. The summed E-state index contributed by atoms with van der Waals surface area (Å²) in [5.74, 6) is 1.44. The van der Waals surface area contributed by atoms with Crippen molar-refractivity contribution in [3.8, 4) is 11.5 Å². The van der Waals surface area contributed by atoms with Crippen LogP contribution in [0.3, 0.4) is 0 Å². The standard InChI is InChI=1S/C25H21BrN4O5/c1-3-34-24-12-17(7-10-23(24)35-15-18-5-4-6-20(11-18)30(32)33)14-27-29-16(2)28-22-9-8-19(26)13-21(22)25(29)31/h4-14H,3,15H2,1-2H3. The van der Waals surface area contributed by atoms with E-state index in [1.165, 1.54) is 16.8 Å². The molecule has 178 valence electrons. The highest BCUT2D eigenvalue weighted by atomic mass is 79.9. The van der Waals surface area contributed by atoms with E-state index in [0.29, 0.717) is 46.0 Å². The van der Waals surface area contributed by atoms with Crippen molar-refractivity contribution in [3.05, 3.63) is 103 Å². The Bertz CT molecular complexity index is 1500. The molecule has 4 rings (SSSR count). The molecule has 0 N–H and O–H groups in total. The number of nitro benzene ring substituents is 1. The predicted octanol–water partition coefficient (Wildman–Crippen LogP) is 5.24. The van der Waals surface area contributed by atoms with Gasteiger partial charge in [0.2, 0.25) is 0 Å². The minimum absolute atomic E-state index is 0.00349. The lowest BCUT2D eigenvalue weighted by Crippen LogP contribution is -2.20. The van der Waals surface area contributed by atoms with Gasteiger partial charge in [-0.1, -0.05) is 28.1 Å². The number of non-ortho nitro benzene ring substituents is 1. The van der Waals surface area contributed by atoms with Crippen LogP contribution >= 0.6 is 15.9 Å². The maximum absolute atomic E-state index is 12.9. The Kier molecular flexibility index (Phi) is 7.21. The van der Waals surface area contributed by atoms with E-state index in [4.69, 9.17) is 9.47 Å². The lowest BCUT2D eigenvalue weighted by atomic mass is 10.2. The molecule has 0 aliphatic carbocycles. The van der Waals surface area contributed by atoms with Gasteiger partial charge in [0, 0.05) is 16.6 Å². The summed E-state index contributed by atoms with van der Waals surface area (Å²) in [5.41, 5.74) is 1.69. The maximum atomic E-state index is 12.9. The van der Waals surface area contributed by atoms with Crippen LogP contribution in [0.4, 0.5) is 5.69 Å². The Morgan fingerprint density at radius 2 is 1.94 bits per heavy atom. The molecule has 0 aliphatic rings. The van der Waals surface area contributed by atoms with Gasteiger partial charge in [-0.25, -0.2) is 4.98 Å². The van der Waals surface area contributed by atoms with E-state index in [-0.39, 0.29) is 17.9 Å². The first kappa shape index (κ1) is 24.1. The molecule has 0 saturated heterocycles. The summed E-state index contributed by atoms with van der Waals surface area (Å²) in [6.07, 6.45) is 1.55. The van der Waals surface area contributed by atoms with Crippen molar-refractivity contribution in [2.45, 2.75) is 20.5 Å². The number of hydrogen-bond donors (Lipinski definition) is 0. The normalized spacial score (nSPS) is 11.2. The molecule has 0 amide bonds. The highest BCUT2D eigenvalue weighted by molar-refractivity contribution is 9.10. The molecule has 0 bridgehead atoms. The second-order valence-electron chi connectivity index (χ2n) is 7.54. The van der Waals surface area contributed by atoms with Gasteiger partial charge in [0.25, 0.3) is 11.2 Å². The summed E-state index contributed by atoms with van der Waals surface area (Å²) in [4.78, 5) is 27.9. The molecule has 0 unspecified atom stereocenters. The molecular formula is C25H21BrN4O5. The molecule has 3 aromatic carbocycles. The minimum Gasteiger partial charge on any atom is -0.490 e. The number of ether oxygens (including phenoxy) is 2. The maximum Gasteiger partial charge on any atom is 0.282 e. The third-order valence-electron chi connectivity index (χ3n) is 5.08. The number of nitro groups is 1. The third-order valence-corrected chi connectivity index (χ3v) is 5.57. The lowest BCUT2D eigenvalue weighted by Gasteiger charge is -2.13. The Labute approximate surface area is 208 Å². The molecule has 0 saturated carbocycles. The van der Waals surface area contributed by atoms with Gasteiger partial charge in [-0.15, -0.1) is 0 Å². The van der Waals surface area contributed by atoms with E-state index in [1.54, 1.807) is 55.6 Å². The fraction of sp³-hybridized carbons (Fsp3) is 0.160. The molecule has 0 fully saturated rings. The number of benzene rings is 3. The molecule has 4 aromatic rings. The zero-order chi connectivity index (χ0) is 24.9. The molecule has 1 aromatic heterocycles. The first-order valence-electron chi connectivity index (χ1n) is 10.7. The Morgan fingerprint density at radius 3 is 2.71 bits per heavy atom. The molecule has 0 spiro atoms. The largest absolute Gasteiger partial charge is 0.490 e. The Hall–Kier alpha value is -4.05. The molecule has 9 nitrogen and oxygen atoms in total. The van der Waals surface area contributed by atoms with E-state index in [1.807, 2.05) is 13.0 Å². The van der Waals surface area contributed by atoms with Crippen molar-refractivity contribution in [1.82, 2.24) is 9.66 Å². The molecule has 1 heterocycles. The van der Waals surface area contributed by atoms with Crippen LogP contribution in [-0.2, 0) is 6.61 Å². The highest BCUT2D eigenvalue weighted by Gasteiger charge is 2.11. The average Bonchev–Trinajstić information content (AvgIpc) is 2.84. The first-order valence-corrected chi connectivity index (χ1v) is 11.5.